The molecule has 0 fully saturated rings. The molecule has 82 valence electrons. The molecule has 0 N–H and O–H groups in total. The molecule has 0 saturated carbocycles. The number of halogens is 2. The summed E-state index contributed by atoms with van der Waals surface area (Å²) < 4.78 is 25.9. The fourth-order valence-electron chi connectivity index (χ4n) is 1.50. The van der Waals surface area contributed by atoms with Gasteiger partial charge in [-0.15, -0.1) is 0 Å². The zero-order valence-corrected chi connectivity index (χ0v) is 8.33. The molecule has 0 radical (unpaired) electrons. The zero-order valence-electron chi connectivity index (χ0n) is 8.33. The maximum atomic E-state index is 12.9. The number of benzene rings is 1. The van der Waals surface area contributed by atoms with E-state index in [1.807, 2.05) is 0 Å². The Balaban J connectivity index is 2.46. The molecule has 16 heavy (non-hydrogen) atoms. The van der Waals surface area contributed by atoms with Gasteiger partial charge in [0.05, 0.1) is 5.69 Å². The van der Waals surface area contributed by atoms with Gasteiger partial charge in [0.1, 0.15) is 11.6 Å². The SMILES string of the molecule is CC1=CC(=O)N(c2cc(F)cc(F)c2)C1=O. The van der Waals surface area contributed by atoms with Crippen LogP contribution >= 0.6 is 0 Å². The van der Waals surface area contributed by atoms with E-state index in [0.717, 1.165) is 23.1 Å². The number of hydrogen-bond acceptors (Lipinski definition) is 2. The van der Waals surface area contributed by atoms with E-state index < -0.39 is 23.4 Å². The number of anilines is 1. The third kappa shape index (κ3) is 1.60. The van der Waals surface area contributed by atoms with Crippen molar-refractivity contribution in [2.45, 2.75) is 6.92 Å². The summed E-state index contributed by atoms with van der Waals surface area (Å²) >= 11 is 0. The van der Waals surface area contributed by atoms with Crippen molar-refractivity contribution in [2.24, 2.45) is 0 Å². The van der Waals surface area contributed by atoms with Crippen LogP contribution in [0.25, 0.3) is 0 Å². The van der Waals surface area contributed by atoms with Gasteiger partial charge in [-0.2, -0.15) is 0 Å². The first-order valence-electron chi connectivity index (χ1n) is 4.52. The normalized spacial score (nSPS) is 15.7. The monoisotopic (exact) mass is 223 g/mol. The number of nitrogens with zero attached hydrogens (tertiary/aromatic N) is 1. The van der Waals surface area contributed by atoms with Crippen LogP contribution in [-0.4, -0.2) is 11.8 Å². The molecule has 1 aliphatic heterocycles. The predicted octanol–water partition coefficient (Wildman–Crippen LogP) is 1.78. The van der Waals surface area contributed by atoms with Crippen molar-refractivity contribution in [2.75, 3.05) is 4.90 Å². The van der Waals surface area contributed by atoms with Crippen LogP contribution < -0.4 is 4.90 Å². The Morgan fingerprint density at radius 2 is 1.62 bits per heavy atom. The van der Waals surface area contributed by atoms with E-state index in [4.69, 9.17) is 0 Å². The zero-order chi connectivity index (χ0) is 11.9. The summed E-state index contributed by atoms with van der Waals surface area (Å²) in [4.78, 5) is 23.7. The molecule has 1 heterocycles. The van der Waals surface area contributed by atoms with Crippen LogP contribution in [0.15, 0.2) is 29.8 Å². The summed E-state index contributed by atoms with van der Waals surface area (Å²) in [6.07, 6.45) is 1.13. The molecule has 2 rings (SSSR count). The third-order valence-corrected chi connectivity index (χ3v) is 2.21. The molecule has 0 spiro atoms. The standard InChI is InChI=1S/C11H7F2NO2/c1-6-2-10(15)14(11(6)16)9-4-7(12)3-8(13)5-9/h2-5H,1H3. The summed E-state index contributed by atoms with van der Waals surface area (Å²) in [5.74, 6) is -2.82. The number of imide groups is 1. The second-order valence-corrected chi connectivity index (χ2v) is 3.43. The fourth-order valence-corrected chi connectivity index (χ4v) is 1.50. The smallest absolute Gasteiger partial charge is 0.261 e. The van der Waals surface area contributed by atoms with E-state index >= 15 is 0 Å². The van der Waals surface area contributed by atoms with Gasteiger partial charge >= 0.3 is 0 Å². The van der Waals surface area contributed by atoms with E-state index in [0.29, 0.717) is 6.07 Å². The van der Waals surface area contributed by atoms with Gasteiger partial charge in [-0.3, -0.25) is 9.59 Å². The molecule has 1 aromatic carbocycles. The molecule has 1 aromatic rings. The Hall–Kier alpha value is -2.04. The maximum absolute atomic E-state index is 12.9. The molecular weight excluding hydrogens is 216 g/mol. The lowest BCUT2D eigenvalue weighted by atomic mass is 10.2. The minimum absolute atomic E-state index is 0.0967. The number of amides is 2. The lowest BCUT2D eigenvalue weighted by molar-refractivity contribution is -0.120. The number of hydrogen-bond donors (Lipinski definition) is 0. The minimum Gasteiger partial charge on any atom is -0.269 e. The minimum atomic E-state index is -0.833. The summed E-state index contributed by atoms with van der Waals surface area (Å²) in [5, 5.41) is 0. The van der Waals surface area contributed by atoms with Gasteiger partial charge < -0.3 is 0 Å². The van der Waals surface area contributed by atoms with Crippen molar-refractivity contribution in [3.8, 4) is 0 Å². The summed E-state index contributed by atoms with van der Waals surface area (Å²) in [5.41, 5.74) is 0.148. The van der Waals surface area contributed by atoms with Gasteiger partial charge in [-0.1, -0.05) is 0 Å². The molecule has 0 atom stereocenters. The molecule has 1 aliphatic rings. The van der Waals surface area contributed by atoms with E-state index in [-0.39, 0.29) is 11.3 Å². The number of carbonyl (C=O) groups excluding carboxylic acids is 2. The molecule has 3 nitrogen and oxygen atoms in total. The summed E-state index contributed by atoms with van der Waals surface area (Å²) in [7, 11) is 0. The van der Waals surface area contributed by atoms with Crippen molar-refractivity contribution in [3.05, 3.63) is 41.5 Å². The molecule has 0 bridgehead atoms. The van der Waals surface area contributed by atoms with E-state index in [1.165, 1.54) is 6.92 Å². The van der Waals surface area contributed by atoms with E-state index in [9.17, 15) is 18.4 Å². The molecule has 0 saturated heterocycles. The van der Waals surface area contributed by atoms with Crippen molar-refractivity contribution in [3.63, 3.8) is 0 Å². The summed E-state index contributed by atoms with van der Waals surface area (Å²) in [6, 6.07) is 2.55. The van der Waals surface area contributed by atoms with Crippen LogP contribution in [-0.2, 0) is 9.59 Å². The highest BCUT2D eigenvalue weighted by Gasteiger charge is 2.30. The lowest BCUT2D eigenvalue weighted by Gasteiger charge is -2.14. The highest BCUT2D eigenvalue weighted by molar-refractivity contribution is 6.30. The van der Waals surface area contributed by atoms with Gasteiger partial charge in [0.2, 0.25) is 0 Å². The first-order valence-corrected chi connectivity index (χ1v) is 4.52. The number of carbonyl (C=O) groups is 2. The van der Waals surface area contributed by atoms with Gasteiger partial charge in [0, 0.05) is 17.7 Å². The van der Waals surface area contributed by atoms with Crippen molar-refractivity contribution >= 4 is 17.5 Å². The number of rotatable bonds is 1. The highest BCUT2D eigenvalue weighted by Crippen LogP contribution is 2.23. The molecule has 5 heteroatoms. The van der Waals surface area contributed by atoms with Crippen LogP contribution in [0, 0.1) is 11.6 Å². The summed E-state index contributed by atoms with van der Waals surface area (Å²) in [6.45, 7) is 1.47. The second-order valence-electron chi connectivity index (χ2n) is 3.43. The van der Waals surface area contributed by atoms with Crippen LogP contribution in [0.4, 0.5) is 14.5 Å². The molecule has 0 aliphatic carbocycles. The molecule has 2 amide bonds. The molecule has 0 unspecified atom stereocenters. The Kier molecular flexibility index (Phi) is 2.30. The Bertz CT molecular complexity index is 502. The predicted molar refractivity (Wildman–Crippen MR) is 52.6 cm³/mol. The molecule has 0 aromatic heterocycles. The van der Waals surface area contributed by atoms with Crippen molar-refractivity contribution in [1.82, 2.24) is 0 Å². The first-order chi connectivity index (χ1) is 7.49. The largest absolute Gasteiger partial charge is 0.269 e. The average molecular weight is 223 g/mol. The lowest BCUT2D eigenvalue weighted by Crippen LogP contribution is -2.30. The van der Waals surface area contributed by atoms with Gasteiger partial charge in [0.25, 0.3) is 11.8 Å². The quantitative estimate of drug-likeness (QED) is 0.680. The third-order valence-electron chi connectivity index (χ3n) is 2.21. The highest BCUT2D eigenvalue weighted by atomic mass is 19.1. The topological polar surface area (TPSA) is 37.4 Å². The van der Waals surface area contributed by atoms with E-state index in [2.05, 4.69) is 0 Å². The maximum Gasteiger partial charge on any atom is 0.261 e. The van der Waals surface area contributed by atoms with Crippen LogP contribution in [0.1, 0.15) is 6.92 Å². The molecular formula is C11H7F2NO2. The first kappa shape index (κ1) is 10.5. The van der Waals surface area contributed by atoms with Crippen LogP contribution in [0.3, 0.4) is 0 Å². The van der Waals surface area contributed by atoms with Crippen LogP contribution in [0.5, 0.6) is 0 Å². The Morgan fingerprint density at radius 3 is 2.06 bits per heavy atom. The second kappa shape index (κ2) is 3.52. The van der Waals surface area contributed by atoms with Gasteiger partial charge in [-0.05, 0) is 19.1 Å². The fraction of sp³-hybridized carbons (Fsp3) is 0.0909. The van der Waals surface area contributed by atoms with Crippen LogP contribution in [0.2, 0.25) is 0 Å². The van der Waals surface area contributed by atoms with Crippen molar-refractivity contribution < 1.29 is 18.4 Å². The Labute approximate surface area is 90.0 Å². The van der Waals surface area contributed by atoms with E-state index in [1.54, 1.807) is 0 Å². The Morgan fingerprint density at radius 1 is 1.06 bits per heavy atom. The van der Waals surface area contributed by atoms with Gasteiger partial charge in [-0.25, -0.2) is 13.7 Å². The van der Waals surface area contributed by atoms with Crippen molar-refractivity contribution in [1.29, 1.82) is 0 Å². The van der Waals surface area contributed by atoms with Gasteiger partial charge in [0.15, 0.2) is 0 Å². The average Bonchev–Trinajstić information content (AvgIpc) is 2.39.